The third-order valence-corrected chi connectivity index (χ3v) is 4.17. The van der Waals surface area contributed by atoms with Crippen molar-refractivity contribution in [2.75, 3.05) is 31.1 Å². The second-order valence-electron chi connectivity index (χ2n) is 5.61. The van der Waals surface area contributed by atoms with Crippen LogP contribution >= 0.6 is 0 Å². The molecule has 19 heavy (non-hydrogen) atoms. The Morgan fingerprint density at radius 1 is 1.21 bits per heavy atom. The molecule has 104 valence electrons. The van der Waals surface area contributed by atoms with Gasteiger partial charge in [-0.15, -0.1) is 0 Å². The average molecular weight is 264 g/mol. The highest BCUT2D eigenvalue weighted by atomic mass is 19.1. The van der Waals surface area contributed by atoms with E-state index in [9.17, 15) is 9.50 Å². The van der Waals surface area contributed by atoms with Crippen LogP contribution in [0.1, 0.15) is 24.8 Å². The van der Waals surface area contributed by atoms with Crippen LogP contribution in [0.15, 0.2) is 18.2 Å². The molecule has 2 heterocycles. The number of aliphatic hydroxyl groups is 1. The van der Waals surface area contributed by atoms with E-state index in [1.807, 2.05) is 6.07 Å². The largest absolute Gasteiger partial charge is 0.392 e. The summed E-state index contributed by atoms with van der Waals surface area (Å²) in [6.45, 7) is 4.18. The zero-order valence-electron chi connectivity index (χ0n) is 11.2. The van der Waals surface area contributed by atoms with Crippen LogP contribution in [0.25, 0.3) is 0 Å². The van der Waals surface area contributed by atoms with Crippen molar-refractivity contribution in [1.82, 2.24) is 4.90 Å². The zero-order chi connectivity index (χ0) is 13.2. The van der Waals surface area contributed by atoms with Crippen LogP contribution in [-0.4, -0.2) is 42.3 Å². The van der Waals surface area contributed by atoms with E-state index in [-0.39, 0.29) is 11.9 Å². The monoisotopic (exact) mass is 264 g/mol. The van der Waals surface area contributed by atoms with E-state index in [1.54, 1.807) is 12.1 Å². The van der Waals surface area contributed by atoms with E-state index >= 15 is 0 Å². The molecule has 1 N–H and O–H groups in total. The quantitative estimate of drug-likeness (QED) is 0.904. The summed E-state index contributed by atoms with van der Waals surface area (Å²) in [5, 5.41) is 9.58. The van der Waals surface area contributed by atoms with Crippen LogP contribution < -0.4 is 4.90 Å². The first kappa shape index (κ1) is 12.9. The number of hydrogen-bond acceptors (Lipinski definition) is 3. The molecule has 0 bridgehead atoms. The minimum Gasteiger partial charge on any atom is -0.392 e. The maximum Gasteiger partial charge on any atom is 0.129 e. The molecular formula is C15H21FN2O. The van der Waals surface area contributed by atoms with Crippen molar-refractivity contribution in [3.63, 3.8) is 0 Å². The first-order valence-electron chi connectivity index (χ1n) is 7.17. The van der Waals surface area contributed by atoms with Gasteiger partial charge in [0.15, 0.2) is 0 Å². The Morgan fingerprint density at radius 2 is 2.00 bits per heavy atom. The number of β-amino-alcohol motifs (C(OH)–C–C–N with tert-alkyl or cyclic N) is 1. The number of hydrogen-bond donors (Lipinski definition) is 1. The van der Waals surface area contributed by atoms with Gasteiger partial charge in [-0.3, -0.25) is 4.90 Å². The summed E-state index contributed by atoms with van der Waals surface area (Å²) in [5.74, 6) is -0.120. The summed E-state index contributed by atoms with van der Waals surface area (Å²) in [6, 6.07) is 5.36. The summed E-state index contributed by atoms with van der Waals surface area (Å²) in [7, 11) is 0. The summed E-state index contributed by atoms with van der Waals surface area (Å²) in [4.78, 5) is 4.42. The Hall–Kier alpha value is -1.13. The second kappa shape index (κ2) is 5.47. The molecular weight excluding hydrogens is 243 g/mol. The van der Waals surface area contributed by atoms with Crippen molar-refractivity contribution >= 4 is 5.69 Å². The maximum absolute atomic E-state index is 14.1. The molecule has 1 atom stereocenters. The second-order valence-corrected chi connectivity index (χ2v) is 5.61. The number of benzene rings is 1. The van der Waals surface area contributed by atoms with E-state index in [2.05, 4.69) is 9.80 Å². The van der Waals surface area contributed by atoms with E-state index in [0.29, 0.717) is 13.1 Å². The van der Waals surface area contributed by atoms with Crippen LogP contribution in [0.3, 0.4) is 0 Å². The van der Waals surface area contributed by atoms with Gasteiger partial charge in [0.25, 0.3) is 0 Å². The molecule has 0 unspecified atom stereocenters. The van der Waals surface area contributed by atoms with Gasteiger partial charge in [-0.05, 0) is 31.4 Å². The molecule has 3 rings (SSSR count). The van der Waals surface area contributed by atoms with Crippen molar-refractivity contribution in [1.29, 1.82) is 0 Å². The standard InChI is InChI=1S/C15H21FN2O/c16-14-4-3-5-15(18-7-1-2-8-18)13(14)11-17-9-6-12(19)10-17/h3-5,12,19H,1-2,6-11H2/t12-/m1/s1. The lowest BCUT2D eigenvalue weighted by atomic mass is 10.1. The van der Waals surface area contributed by atoms with Crippen LogP contribution in [0.4, 0.5) is 10.1 Å². The van der Waals surface area contributed by atoms with Crippen molar-refractivity contribution in [3.8, 4) is 0 Å². The van der Waals surface area contributed by atoms with E-state index in [0.717, 1.165) is 37.3 Å². The molecule has 0 spiro atoms. The summed E-state index contributed by atoms with van der Waals surface area (Å²) in [6.07, 6.45) is 2.94. The summed E-state index contributed by atoms with van der Waals surface area (Å²) < 4.78 is 14.1. The lowest BCUT2D eigenvalue weighted by Gasteiger charge is -2.24. The van der Waals surface area contributed by atoms with Gasteiger partial charge < -0.3 is 10.0 Å². The summed E-state index contributed by atoms with van der Waals surface area (Å²) >= 11 is 0. The number of aliphatic hydroxyl groups excluding tert-OH is 1. The average Bonchev–Trinajstić information content (AvgIpc) is 3.03. The molecule has 2 aliphatic rings. The Balaban J connectivity index is 1.82. The van der Waals surface area contributed by atoms with Crippen LogP contribution in [-0.2, 0) is 6.54 Å². The predicted octanol–water partition coefficient (Wildman–Crippen LogP) is 1.99. The predicted molar refractivity (Wildman–Crippen MR) is 73.7 cm³/mol. The zero-order valence-corrected chi connectivity index (χ0v) is 11.2. The third kappa shape index (κ3) is 2.74. The molecule has 3 nitrogen and oxygen atoms in total. The van der Waals surface area contributed by atoms with Gasteiger partial charge in [-0.2, -0.15) is 0 Å². The Bertz CT molecular complexity index is 446. The minimum absolute atomic E-state index is 0.120. The van der Waals surface area contributed by atoms with Gasteiger partial charge in [0, 0.05) is 44.0 Å². The molecule has 1 aromatic carbocycles. The smallest absolute Gasteiger partial charge is 0.129 e. The molecule has 2 fully saturated rings. The topological polar surface area (TPSA) is 26.7 Å². The number of anilines is 1. The van der Waals surface area contributed by atoms with Crippen LogP contribution in [0.5, 0.6) is 0 Å². The molecule has 0 amide bonds. The highest BCUT2D eigenvalue weighted by molar-refractivity contribution is 5.54. The van der Waals surface area contributed by atoms with Crippen LogP contribution in [0.2, 0.25) is 0 Å². The molecule has 2 saturated heterocycles. The van der Waals surface area contributed by atoms with Crippen LogP contribution in [0, 0.1) is 5.82 Å². The fraction of sp³-hybridized carbons (Fsp3) is 0.600. The van der Waals surface area contributed by atoms with E-state index in [4.69, 9.17) is 0 Å². The molecule has 1 aromatic rings. The highest BCUT2D eigenvalue weighted by Crippen LogP contribution is 2.28. The lowest BCUT2D eigenvalue weighted by molar-refractivity contribution is 0.174. The van der Waals surface area contributed by atoms with Gasteiger partial charge >= 0.3 is 0 Å². The minimum atomic E-state index is -0.248. The van der Waals surface area contributed by atoms with Gasteiger partial charge in [-0.25, -0.2) is 4.39 Å². The number of halogens is 1. The molecule has 4 heteroatoms. The fourth-order valence-electron chi connectivity index (χ4n) is 3.14. The number of rotatable bonds is 3. The van der Waals surface area contributed by atoms with Gasteiger partial charge in [0.2, 0.25) is 0 Å². The first-order valence-corrected chi connectivity index (χ1v) is 7.17. The lowest BCUT2D eigenvalue weighted by Crippen LogP contribution is -2.25. The van der Waals surface area contributed by atoms with Gasteiger partial charge in [-0.1, -0.05) is 6.07 Å². The molecule has 0 saturated carbocycles. The third-order valence-electron chi connectivity index (χ3n) is 4.17. The molecule has 0 aliphatic carbocycles. The van der Waals surface area contributed by atoms with Gasteiger partial charge in [0.1, 0.15) is 5.82 Å². The van der Waals surface area contributed by atoms with Crippen molar-refractivity contribution in [2.24, 2.45) is 0 Å². The van der Waals surface area contributed by atoms with Crippen molar-refractivity contribution < 1.29 is 9.50 Å². The SMILES string of the molecule is O[C@@H]1CCN(Cc2c(F)cccc2N2CCCC2)C1. The Kier molecular flexibility index (Phi) is 3.71. The molecule has 2 aliphatic heterocycles. The van der Waals surface area contributed by atoms with E-state index < -0.39 is 0 Å². The normalized spacial score (nSPS) is 24.3. The Labute approximate surface area is 113 Å². The first-order chi connectivity index (χ1) is 9.24. The maximum atomic E-state index is 14.1. The molecule has 0 radical (unpaired) electrons. The Morgan fingerprint density at radius 3 is 2.68 bits per heavy atom. The summed E-state index contributed by atoms with van der Waals surface area (Å²) in [5.41, 5.74) is 1.83. The number of nitrogens with zero attached hydrogens (tertiary/aromatic N) is 2. The number of likely N-dealkylation sites (tertiary alicyclic amines) is 1. The van der Waals surface area contributed by atoms with Crippen molar-refractivity contribution in [3.05, 3.63) is 29.6 Å². The van der Waals surface area contributed by atoms with Crippen molar-refractivity contribution in [2.45, 2.75) is 31.9 Å². The fourth-order valence-corrected chi connectivity index (χ4v) is 3.14. The van der Waals surface area contributed by atoms with Gasteiger partial charge in [0.05, 0.1) is 6.10 Å². The van der Waals surface area contributed by atoms with E-state index in [1.165, 1.54) is 12.8 Å². The highest BCUT2D eigenvalue weighted by Gasteiger charge is 2.24. The molecule has 0 aromatic heterocycles.